The molecule has 3 aliphatic heterocycles. The fourth-order valence-corrected chi connectivity index (χ4v) is 5.05. The molecule has 0 N–H and O–H groups in total. The first-order valence-electron chi connectivity index (χ1n) is 10.5. The Morgan fingerprint density at radius 2 is 2.06 bits per heavy atom. The molecule has 2 saturated heterocycles. The Bertz CT molecular complexity index is 1090. The molecule has 2 bridgehead atoms. The molecule has 2 aromatic rings. The Hall–Kier alpha value is -3.00. The molecule has 0 aliphatic carbocycles. The van der Waals surface area contributed by atoms with Gasteiger partial charge in [0.2, 0.25) is 23.6 Å². The van der Waals surface area contributed by atoms with E-state index >= 15 is 0 Å². The molecule has 3 aliphatic rings. The van der Waals surface area contributed by atoms with Gasteiger partial charge in [-0.3, -0.25) is 9.59 Å². The van der Waals surface area contributed by atoms with Crippen LogP contribution < -0.4 is 0 Å². The predicted octanol–water partition coefficient (Wildman–Crippen LogP) is 1.94. The molecule has 0 radical (unpaired) electrons. The number of hydrogen-bond acceptors (Lipinski definition) is 6. The minimum absolute atomic E-state index is 0.0227. The largest absolute Gasteiger partial charge is 0.424 e. The molecular formula is C23H26N4O4. The minimum atomic E-state index is -0.719. The summed E-state index contributed by atoms with van der Waals surface area (Å²) >= 11 is 0. The highest BCUT2D eigenvalue weighted by Crippen LogP contribution is 2.52. The lowest BCUT2D eigenvalue weighted by atomic mass is 9.76. The molecule has 162 valence electrons. The number of carbonyl (C=O) groups excluding carboxylic acids is 2. The van der Waals surface area contributed by atoms with Crippen LogP contribution in [0, 0.1) is 32.6 Å². The standard InChI is InChI=1S/C23H26N4O4/c1-13-5-6-16(9-14(13)2)10-27-12-23-8-7-17(31-23)19(20(23)22(27)29)21(28)26(4)11-18-25-24-15(3)30-18/h5-9,17,19-20H,10-12H2,1-4H3/t17-,19+,20-,23-/m0/s1. The van der Waals surface area contributed by atoms with Crippen LogP contribution in [0.15, 0.2) is 34.8 Å². The maximum absolute atomic E-state index is 13.4. The van der Waals surface area contributed by atoms with Crippen molar-refractivity contribution in [2.45, 2.75) is 45.6 Å². The number of benzene rings is 1. The third-order valence-corrected chi connectivity index (χ3v) is 6.73. The summed E-state index contributed by atoms with van der Waals surface area (Å²) in [6, 6.07) is 6.25. The fourth-order valence-electron chi connectivity index (χ4n) is 5.05. The van der Waals surface area contributed by atoms with Gasteiger partial charge in [-0.2, -0.15) is 0 Å². The molecule has 0 unspecified atom stereocenters. The van der Waals surface area contributed by atoms with Gasteiger partial charge in [0, 0.05) is 20.5 Å². The highest BCUT2D eigenvalue weighted by atomic mass is 16.5. The van der Waals surface area contributed by atoms with Crippen molar-refractivity contribution in [2.24, 2.45) is 11.8 Å². The summed E-state index contributed by atoms with van der Waals surface area (Å²) < 4.78 is 11.6. The molecule has 8 heteroatoms. The summed E-state index contributed by atoms with van der Waals surface area (Å²) in [6.45, 7) is 7.03. The Morgan fingerprint density at radius 1 is 1.26 bits per heavy atom. The third kappa shape index (κ3) is 3.17. The quantitative estimate of drug-likeness (QED) is 0.684. The van der Waals surface area contributed by atoms with Crippen molar-refractivity contribution in [2.75, 3.05) is 13.6 Å². The van der Waals surface area contributed by atoms with E-state index in [1.807, 2.05) is 17.1 Å². The Kier molecular flexibility index (Phi) is 4.51. The van der Waals surface area contributed by atoms with E-state index in [1.165, 1.54) is 11.1 Å². The molecule has 31 heavy (non-hydrogen) atoms. The van der Waals surface area contributed by atoms with E-state index < -0.39 is 17.4 Å². The number of ether oxygens (including phenoxy) is 1. The lowest BCUT2D eigenvalue weighted by Crippen LogP contribution is -2.44. The Balaban J connectivity index is 1.35. The van der Waals surface area contributed by atoms with Crippen molar-refractivity contribution in [1.29, 1.82) is 0 Å². The zero-order valence-electron chi connectivity index (χ0n) is 18.2. The van der Waals surface area contributed by atoms with Crippen LogP contribution in [0.2, 0.25) is 0 Å². The van der Waals surface area contributed by atoms with Gasteiger partial charge in [-0.1, -0.05) is 30.4 Å². The first-order valence-corrected chi connectivity index (χ1v) is 10.5. The van der Waals surface area contributed by atoms with Gasteiger partial charge in [-0.25, -0.2) is 0 Å². The van der Waals surface area contributed by atoms with Crippen LogP contribution in [-0.2, 0) is 27.4 Å². The number of aromatic nitrogens is 2. The monoisotopic (exact) mass is 422 g/mol. The van der Waals surface area contributed by atoms with Crippen molar-refractivity contribution in [3.63, 3.8) is 0 Å². The van der Waals surface area contributed by atoms with E-state index in [1.54, 1.807) is 18.9 Å². The number of carbonyl (C=O) groups is 2. The molecule has 1 aromatic heterocycles. The predicted molar refractivity (Wildman–Crippen MR) is 111 cm³/mol. The lowest BCUT2D eigenvalue weighted by molar-refractivity contribution is -0.143. The van der Waals surface area contributed by atoms with E-state index in [-0.39, 0.29) is 24.5 Å². The van der Waals surface area contributed by atoms with Crippen molar-refractivity contribution in [1.82, 2.24) is 20.0 Å². The van der Waals surface area contributed by atoms with Crippen molar-refractivity contribution in [3.05, 3.63) is 58.8 Å². The average Bonchev–Trinajstić information content (AvgIpc) is 3.46. The highest BCUT2D eigenvalue weighted by molar-refractivity contribution is 5.93. The van der Waals surface area contributed by atoms with Gasteiger partial charge < -0.3 is 19.0 Å². The number of hydrogen-bond donors (Lipinski definition) is 0. The zero-order valence-corrected chi connectivity index (χ0v) is 18.2. The Morgan fingerprint density at radius 3 is 2.77 bits per heavy atom. The number of amides is 2. The third-order valence-electron chi connectivity index (χ3n) is 6.73. The van der Waals surface area contributed by atoms with Crippen LogP contribution in [0.25, 0.3) is 0 Å². The summed E-state index contributed by atoms with van der Waals surface area (Å²) in [4.78, 5) is 30.1. The van der Waals surface area contributed by atoms with E-state index in [0.29, 0.717) is 24.9 Å². The van der Waals surface area contributed by atoms with Gasteiger partial charge in [-0.15, -0.1) is 10.2 Å². The molecule has 2 fully saturated rings. The molecule has 4 atom stereocenters. The first kappa shape index (κ1) is 19.9. The topological polar surface area (TPSA) is 88.8 Å². The normalized spacial score (nSPS) is 28.5. The maximum atomic E-state index is 13.4. The maximum Gasteiger partial charge on any atom is 0.235 e. The van der Waals surface area contributed by atoms with Gasteiger partial charge in [-0.05, 0) is 30.5 Å². The molecule has 0 saturated carbocycles. The summed E-state index contributed by atoms with van der Waals surface area (Å²) in [7, 11) is 1.69. The summed E-state index contributed by atoms with van der Waals surface area (Å²) in [5, 5.41) is 7.77. The molecular weight excluding hydrogens is 396 g/mol. The van der Waals surface area contributed by atoms with Crippen molar-refractivity contribution >= 4 is 11.8 Å². The first-order chi connectivity index (χ1) is 14.8. The van der Waals surface area contributed by atoms with Crippen molar-refractivity contribution in [3.8, 4) is 0 Å². The summed E-state index contributed by atoms with van der Waals surface area (Å²) in [6.07, 6.45) is 3.53. The number of rotatable bonds is 5. The fraction of sp³-hybridized carbons (Fsp3) is 0.478. The summed E-state index contributed by atoms with van der Waals surface area (Å²) in [5.74, 6) is -0.389. The molecule has 8 nitrogen and oxygen atoms in total. The second kappa shape index (κ2) is 7.02. The molecule has 1 spiro atoms. The number of nitrogens with zero attached hydrogens (tertiary/aromatic N) is 4. The van der Waals surface area contributed by atoms with Crippen molar-refractivity contribution < 1.29 is 18.7 Å². The van der Waals surface area contributed by atoms with Gasteiger partial charge in [0.1, 0.15) is 5.60 Å². The van der Waals surface area contributed by atoms with Crippen LogP contribution >= 0.6 is 0 Å². The average molecular weight is 422 g/mol. The van der Waals surface area contributed by atoms with E-state index in [9.17, 15) is 9.59 Å². The number of aryl methyl sites for hydroxylation is 3. The van der Waals surface area contributed by atoms with E-state index in [4.69, 9.17) is 9.15 Å². The van der Waals surface area contributed by atoms with E-state index in [2.05, 4.69) is 42.2 Å². The number of fused-ring (bicyclic) bond motifs is 1. The van der Waals surface area contributed by atoms with Crippen LogP contribution in [0.1, 0.15) is 28.5 Å². The Labute approximate surface area is 180 Å². The van der Waals surface area contributed by atoms with Crippen LogP contribution in [0.3, 0.4) is 0 Å². The minimum Gasteiger partial charge on any atom is -0.424 e. The smallest absolute Gasteiger partial charge is 0.235 e. The molecule has 5 rings (SSSR count). The molecule has 1 aromatic carbocycles. The number of likely N-dealkylation sites (tertiary alicyclic amines) is 1. The van der Waals surface area contributed by atoms with Gasteiger partial charge >= 0.3 is 0 Å². The van der Waals surface area contributed by atoms with Crippen LogP contribution in [0.4, 0.5) is 0 Å². The van der Waals surface area contributed by atoms with Gasteiger partial charge in [0.25, 0.3) is 0 Å². The van der Waals surface area contributed by atoms with E-state index in [0.717, 1.165) is 5.56 Å². The zero-order chi connectivity index (χ0) is 21.9. The van der Waals surface area contributed by atoms with Gasteiger partial charge in [0.05, 0.1) is 31.0 Å². The van der Waals surface area contributed by atoms with Crippen LogP contribution in [0.5, 0.6) is 0 Å². The summed E-state index contributed by atoms with van der Waals surface area (Å²) in [5.41, 5.74) is 2.79. The highest BCUT2D eigenvalue weighted by Gasteiger charge is 2.67. The molecule has 4 heterocycles. The van der Waals surface area contributed by atoms with Gasteiger partial charge in [0.15, 0.2) is 0 Å². The SMILES string of the molecule is Cc1nnc(CN(C)C(=O)[C@@H]2[C@@H]3C=C[C@@]4(CN(Cc5ccc(C)c(C)c5)C(=O)[C@H]24)O3)o1. The second-order valence-electron chi connectivity index (χ2n) is 8.92. The second-order valence-corrected chi connectivity index (χ2v) is 8.92. The molecule has 2 amide bonds. The lowest BCUT2D eigenvalue weighted by Gasteiger charge is -2.27. The van der Waals surface area contributed by atoms with Crippen LogP contribution in [-0.4, -0.2) is 57.1 Å².